The largest absolute Gasteiger partial charge is 0.315 e. The lowest BCUT2D eigenvalue weighted by molar-refractivity contribution is -0.118. The van der Waals surface area contributed by atoms with Gasteiger partial charge in [0.15, 0.2) is 0 Å². The number of aromatic nitrogens is 2. The van der Waals surface area contributed by atoms with Crippen molar-refractivity contribution in [3.63, 3.8) is 0 Å². The number of carbonyl (C=O) groups excluding carboxylic acids is 2. The van der Waals surface area contributed by atoms with E-state index in [4.69, 9.17) is 5.10 Å². The van der Waals surface area contributed by atoms with Crippen molar-refractivity contribution < 1.29 is 9.59 Å². The second kappa shape index (κ2) is 6.88. The summed E-state index contributed by atoms with van der Waals surface area (Å²) in [5.41, 5.74) is 5.64. The number of hydrogen-bond donors (Lipinski definition) is 1. The third-order valence-corrected chi connectivity index (χ3v) is 5.83. The summed E-state index contributed by atoms with van der Waals surface area (Å²) in [5, 5.41) is 7.87. The summed E-state index contributed by atoms with van der Waals surface area (Å²) in [5.74, 6) is 0.717. The van der Waals surface area contributed by atoms with E-state index in [1.165, 1.54) is 0 Å². The number of nitrogens with zero attached hydrogens (tertiary/aromatic N) is 3. The second-order valence-electron chi connectivity index (χ2n) is 7.63. The molecule has 0 bridgehead atoms. The summed E-state index contributed by atoms with van der Waals surface area (Å²) in [6.07, 6.45) is 4.07. The lowest BCUT2D eigenvalue weighted by atomic mass is 9.99. The van der Waals surface area contributed by atoms with Gasteiger partial charge in [0, 0.05) is 30.3 Å². The van der Waals surface area contributed by atoms with Crippen LogP contribution in [-0.2, 0) is 24.1 Å². The molecule has 0 atom stereocenters. The van der Waals surface area contributed by atoms with Crippen LogP contribution in [-0.4, -0.2) is 28.6 Å². The Bertz CT molecular complexity index is 1120. The third kappa shape index (κ3) is 3.01. The maximum Gasteiger partial charge on any atom is 0.256 e. The Balaban J connectivity index is 1.48. The summed E-state index contributed by atoms with van der Waals surface area (Å²) in [6, 6.07) is 15.4. The van der Waals surface area contributed by atoms with Crippen molar-refractivity contribution in [1.82, 2.24) is 9.78 Å². The van der Waals surface area contributed by atoms with Crippen molar-refractivity contribution in [2.75, 3.05) is 17.3 Å². The summed E-state index contributed by atoms with van der Waals surface area (Å²) in [7, 11) is 1.78. The highest BCUT2D eigenvalue weighted by Crippen LogP contribution is 2.32. The molecule has 1 aromatic heterocycles. The van der Waals surface area contributed by atoms with Crippen molar-refractivity contribution in [3.05, 3.63) is 70.9 Å². The number of aryl methyl sites for hydroxylation is 2. The van der Waals surface area contributed by atoms with Crippen molar-refractivity contribution in [2.45, 2.75) is 32.1 Å². The highest BCUT2D eigenvalue weighted by molar-refractivity contribution is 6.05. The van der Waals surface area contributed by atoms with Crippen LogP contribution in [0, 0.1) is 0 Å². The highest BCUT2D eigenvalue weighted by Gasteiger charge is 2.26. The Morgan fingerprint density at radius 3 is 2.69 bits per heavy atom. The number of rotatable bonds is 3. The first-order chi connectivity index (χ1) is 14.1. The van der Waals surface area contributed by atoms with Gasteiger partial charge in [0.25, 0.3) is 5.91 Å². The molecule has 5 rings (SSSR count). The molecule has 146 valence electrons. The topological polar surface area (TPSA) is 67.2 Å². The molecular weight excluding hydrogens is 364 g/mol. The lowest BCUT2D eigenvalue weighted by Gasteiger charge is -2.26. The quantitative estimate of drug-likeness (QED) is 0.749. The van der Waals surface area contributed by atoms with Gasteiger partial charge in [-0.2, -0.15) is 5.10 Å². The monoisotopic (exact) mass is 386 g/mol. The number of carbonyl (C=O) groups is 2. The van der Waals surface area contributed by atoms with Gasteiger partial charge in [0.2, 0.25) is 5.91 Å². The SMILES string of the molecule is CN1C(=O)CCc2cc(C(=O)Nc3c4c(nn3-c3ccccc3)CCC4)ccc21. The summed E-state index contributed by atoms with van der Waals surface area (Å²) in [4.78, 5) is 26.7. The van der Waals surface area contributed by atoms with Crippen LogP contribution in [0.5, 0.6) is 0 Å². The van der Waals surface area contributed by atoms with Gasteiger partial charge < -0.3 is 10.2 Å². The Morgan fingerprint density at radius 2 is 1.86 bits per heavy atom. The molecule has 2 aliphatic rings. The summed E-state index contributed by atoms with van der Waals surface area (Å²) in [6.45, 7) is 0. The van der Waals surface area contributed by atoms with Gasteiger partial charge in [0.1, 0.15) is 5.82 Å². The fourth-order valence-electron chi connectivity index (χ4n) is 4.25. The van der Waals surface area contributed by atoms with E-state index >= 15 is 0 Å². The van der Waals surface area contributed by atoms with Crippen molar-refractivity contribution in [1.29, 1.82) is 0 Å². The van der Waals surface area contributed by atoms with E-state index in [1.54, 1.807) is 18.0 Å². The van der Waals surface area contributed by atoms with Crippen molar-refractivity contribution >= 4 is 23.3 Å². The van der Waals surface area contributed by atoms with E-state index in [0.29, 0.717) is 18.4 Å². The minimum absolute atomic E-state index is 0.108. The predicted molar refractivity (Wildman–Crippen MR) is 112 cm³/mol. The van der Waals surface area contributed by atoms with Crippen LogP contribution in [0.4, 0.5) is 11.5 Å². The molecule has 6 heteroatoms. The average molecular weight is 386 g/mol. The van der Waals surface area contributed by atoms with Crippen molar-refractivity contribution in [3.8, 4) is 5.69 Å². The predicted octanol–water partition coefficient (Wildman–Crippen LogP) is 3.52. The number of fused-ring (bicyclic) bond motifs is 2. The Kier molecular flexibility index (Phi) is 4.19. The van der Waals surface area contributed by atoms with Crippen LogP contribution in [0.15, 0.2) is 48.5 Å². The molecule has 2 heterocycles. The first-order valence-electron chi connectivity index (χ1n) is 9.99. The van der Waals surface area contributed by atoms with Gasteiger partial charge in [-0.1, -0.05) is 18.2 Å². The van der Waals surface area contributed by atoms with Gasteiger partial charge in [-0.05, 0) is 61.6 Å². The maximum absolute atomic E-state index is 13.1. The average Bonchev–Trinajstić information content (AvgIpc) is 3.34. The molecule has 1 N–H and O–H groups in total. The smallest absolute Gasteiger partial charge is 0.256 e. The first kappa shape index (κ1) is 17.7. The standard InChI is InChI=1S/C23H22N4O2/c1-26-20-12-10-16(14-15(20)11-13-21(26)28)23(29)24-22-18-8-5-9-19(18)25-27(22)17-6-3-2-4-7-17/h2-4,6-7,10,12,14H,5,8-9,11,13H2,1H3,(H,24,29). The van der Waals surface area contributed by atoms with E-state index in [1.807, 2.05) is 47.1 Å². The number of hydrogen-bond acceptors (Lipinski definition) is 3. The van der Waals surface area contributed by atoms with Crippen LogP contribution in [0.1, 0.15) is 40.0 Å². The Labute approximate surface area is 169 Å². The van der Waals surface area contributed by atoms with Gasteiger partial charge in [0.05, 0.1) is 11.4 Å². The molecule has 0 spiro atoms. The Hall–Kier alpha value is -3.41. The molecule has 1 aliphatic heterocycles. The van der Waals surface area contributed by atoms with E-state index in [2.05, 4.69) is 5.32 Å². The van der Waals surface area contributed by atoms with E-state index in [0.717, 1.165) is 53.3 Å². The van der Waals surface area contributed by atoms with Crippen LogP contribution in [0.2, 0.25) is 0 Å². The Morgan fingerprint density at radius 1 is 1.03 bits per heavy atom. The molecule has 6 nitrogen and oxygen atoms in total. The number of amides is 2. The lowest BCUT2D eigenvalue weighted by Crippen LogP contribution is -2.31. The van der Waals surface area contributed by atoms with E-state index in [-0.39, 0.29) is 11.8 Å². The van der Waals surface area contributed by atoms with E-state index < -0.39 is 0 Å². The molecular formula is C23H22N4O2. The maximum atomic E-state index is 13.1. The van der Waals surface area contributed by atoms with Gasteiger partial charge in [-0.3, -0.25) is 9.59 Å². The number of para-hydroxylation sites is 1. The number of nitrogens with one attached hydrogen (secondary N) is 1. The van der Waals surface area contributed by atoms with Crippen LogP contribution >= 0.6 is 0 Å². The number of benzene rings is 2. The van der Waals surface area contributed by atoms with Crippen molar-refractivity contribution in [2.24, 2.45) is 0 Å². The molecule has 2 aromatic carbocycles. The molecule has 2 amide bonds. The highest BCUT2D eigenvalue weighted by atomic mass is 16.2. The fourth-order valence-corrected chi connectivity index (χ4v) is 4.25. The molecule has 29 heavy (non-hydrogen) atoms. The normalized spacial score (nSPS) is 15.2. The zero-order chi connectivity index (χ0) is 20.0. The fraction of sp³-hybridized carbons (Fsp3) is 0.261. The second-order valence-corrected chi connectivity index (χ2v) is 7.63. The van der Waals surface area contributed by atoms with E-state index in [9.17, 15) is 9.59 Å². The van der Waals surface area contributed by atoms with Gasteiger partial charge in [-0.15, -0.1) is 0 Å². The molecule has 0 radical (unpaired) electrons. The third-order valence-electron chi connectivity index (χ3n) is 5.83. The summed E-state index contributed by atoms with van der Waals surface area (Å²) < 4.78 is 1.84. The van der Waals surface area contributed by atoms with Gasteiger partial charge >= 0.3 is 0 Å². The molecule has 0 saturated heterocycles. The van der Waals surface area contributed by atoms with Crippen LogP contribution in [0.3, 0.4) is 0 Å². The van der Waals surface area contributed by atoms with Crippen LogP contribution < -0.4 is 10.2 Å². The minimum atomic E-state index is -0.154. The zero-order valence-corrected chi connectivity index (χ0v) is 16.3. The molecule has 0 saturated carbocycles. The molecule has 0 fully saturated rings. The minimum Gasteiger partial charge on any atom is -0.315 e. The molecule has 0 unspecified atom stereocenters. The number of anilines is 2. The first-order valence-corrected chi connectivity index (χ1v) is 9.99. The van der Waals surface area contributed by atoms with Crippen LogP contribution in [0.25, 0.3) is 5.69 Å². The zero-order valence-electron chi connectivity index (χ0n) is 16.3. The molecule has 1 aliphatic carbocycles. The van der Waals surface area contributed by atoms with Gasteiger partial charge in [-0.25, -0.2) is 4.68 Å². The molecule has 3 aromatic rings. The summed E-state index contributed by atoms with van der Waals surface area (Å²) >= 11 is 0.